The van der Waals surface area contributed by atoms with Gasteiger partial charge in [0.25, 0.3) is 0 Å². The molecular weight excluding hydrogens is 238 g/mol. The minimum Gasteiger partial charge on any atom is -0.478 e. The number of aliphatic carboxylic acids is 1. The van der Waals surface area contributed by atoms with Gasteiger partial charge >= 0.3 is 5.97 Å². The molecule has 0 aliphatic carbocycles. The Morgan fingerprint density at radius 1 is 1.35 bits per heavy atom. The van der Waals surface area contributed by atoms with E-state index in [2.05, 4.69) is 4.90 Å². The standard InChI is InChI=1S/C13H14ClNO2/c1-15-7-6-11(13(16)17)12(8-15)9-2-4-10(14)5-3-9/h2-5H,6-8H2,1H3,(H,16,17). The molecule has 1 aliphatic rings. The fourth-order valence-corrected chi connectivity index (χ4v) is 2.18. The first-order valence-corrected chi connectivity index (χ1v) is 5.85. The number of nitrogens with zero attached hydrogens (tertiary/aromatic N) is 1. The molecular formula is C13H14ClNO2. The molecule has 3 nitrogen and oxygen atoms in total. The van der Waals surface area contributed by atoms with Crippen molar-refractivity contribution in [2.45, 2.75) is 6.42 Å². The zero-order valence-corrected chi connectivity index (χ0v) is 10.4. The van der Waals surface area contributed by atoms with E-state index in [4.69, 9.17) is 11.6 Å². The first-order valence-electron chi connectivity index (χ1n) is 5.47. The molecule has 0 unspecified atom stereocenters. The van der Waals surface area contributed by atoms with Crippen molar-refractivity contribution < 1.29 is 9.90 Å². The molecule has 0 saturated heterocycles. The average Bonchev–Trinajstić information content (AvgIpc) is 2.29. The Morgan fingerprint density at radius 2 is 2.00 bits per heavy atom. The Hall–Kier alpha value is -1.32. The molecule has 0 aromatic heterocycles. The summed E-state index contributed by atoms with van der Waals surface area (Å²) >= 11 is 5.84. The molecule has 4 heteroatoms. The number of carboxylic acid groups (broad SMARTS) is 1. The Kier molecular flexibility index (Phi) is 3.50. The number of halogens is 1. The molecule has 1 aliphatic heterocycles. The largest absolute Gasteiger partial charge is 0.478 e. The minimum atomic E-state index is -0.817. The van der Waals surface area contributed by atoms with Crippen LogP contribution in [0.4, 0.5) is 0 Å². The van der Waals surface area contributed by atoms with E-state index in [0.29, 0.717) is 23.6 Å². The Labute approximate surface area is 105 Å². The molecule has 90 valence electrons. The molecule has 0 radical (unpaired) electrons. The molecule has 0 saturated carbocycles. The lowest BCUT2D eigenvalue weighted by atomic mass is 9.94. The fourth-order valence-electron chi connectivity index (χ4n) is 2.05. The Morgan fingerprint density at radius 3 is 2.59 bits per heavy atom. The molecule has 17 heavy (non-hydrogen) atoms. The monoisotopic (exact) mass is 251 g/mol. The van der Waals surface area contributed by atoms with Gasteiger partial charge in [-0.2, -0.15) is 0 Å². The molecule has 0 atom stereocenters. The molecule has 1 aromatic carbocycles. The highest BCUT2D eigenvalue weighted by Gasteiger charge is 2.22. The molecule has 1 N–H and O–H groups in total. The SMILES string of the molecule is CN1CCC(C(=O)O)=C(c2ccc(Cl)cc2)C1. The van der Waals surface area contributed by atoms with Gasteiger partial charge in [0, 0.05) is 23.7 Å². The van der Waals surface area contributed by atoms with Gasteiger partial charge in [-0.25, -0.2) is 4.79 Å². The molecule has 1 aromatic rings. The van der Waals surface area contributed by atoms with E-state index in [-0.39, 0.29) is 0 Å². The predicted octanol–water partition coefficient (Wildman–Crippen LogP) is 2.51. The van der Waals surface area contributed by atoms with E-state index in [1.165, 1.54) is 0 Å². The molecule has 0 bridgehead atoms. The highest BCUT2D eigenvalue weighted by molar-refractivity contribution is 6.30. The lowest BCUT2D eigenvalue weighted by Gasteiger charge is -2.26. The summed E-state index contributed by atoms with van der Waals surface area (Å²) in [6.07, 6.45) is 0.587. The van der Waals surface area contributed by atoms with Crippen molar-refractivity contribution in [1.82, 2.24) is 4.90 Å². The summed E-state index contributed by atoms with van der Waals surface area (Å²) in [6.45, 7) is 1.46. The third-order valence-corrected chi connectivity index (χ3v) is 3.24. The summed E-state index contributed by atoms with van der Waals surface area (Å²) < 4.78 is 0. The maximum Gasteiger partial charge on any atom is 0.331 e. The summed E-state index contributed by atoms with van der Waals surface area (Å²) in [5.41, 5.74) is 2.35. The van der Waals surface area contributed by atoms with Crippen molar-refractivity contribution in [3.05, 3.63) is 40.4 Å². The number of carboxylic acids is 1. The minimum absolute atomic E-state index is 0.519. The lowest BCUT2D eigenvalue weighted by molar-refractivity contribution is -0.132. The second kappa shape index (κ2) is 4.90. The van der Waals surface area contributed by atoms with Gasteiger partial charge in [0.05, 0.1) is 0 Å². The molecule has 0 fully saturated rings. The van der Waals surface area contributed by atoms with E-state index < -0.39 is 5.97 Å². The highest BCUT2D eigenvalue weighted by atomic mass is 35.5. The quantitative estimate of drug-likeness (QED) is 0.878. The molecule has 2 rings (SSSR count). The molecule has 0 amide bonds. The number of benzene rings is 1. The van der Waals surface area contributed by atoms with Crippen molar-refractivity contribution in [1.29, 1.82) is 0 Å². The third kappa shape index (κ3) is 2.68. The van der Waals surface area contributed by atoms with Crippen molar-refractivity contribution in [2.75, 3.05) is 20.1 Å². The second-order valence-electron chi connectivity index (χ2n) is 4.26. The van der Waals surface area contributed by atoms with Crippen LogP contribution < -0.4 is 0 Å². The van der Waals surface area contributed by atoms with Crippen LogP contribution in [-0.2, 0) is 4.79 Å². The zero-order chi connectivity index (χ0) is 12.4. The first-order chi connectivity index (χ1) is 8.08. The van der Waals surface area contributed by atoms with Crippen molar-refractivity contribution in [2.24, 2.45) is 0 Å². The van der Waals surface area contributed by atoms with Crippen LogP contribution in [0.3, 0.4) is 0 Å². The normalized spacial score (nSPS) is 17.3. The average molecular weight is 252 g/mol. The van der Waals surface area contributed by atoms with Crippen LogP contribution in [0.25, 0.3) is 5.57 Å². The lowest BCUT2D eigenvalue weighted by Crippen LogP contribution is -2.29. The van der Waals surface area contributed by atoms with Gasteiger partial charge in [0.2, 0.25) is 0 Å². The number of likely N-dealkylation sites (N-methyl/N-ethyl adjacent to an activating group) is 1. The smallest absolute Gasteiger partial charge is 0.331 e. The number of hydrogen-bond donors (Lipinski definition) is 1. The summed E-state index contributed by atoms with van der Waals surface area (Å²) in [6, 6.07) is 7.33. The van der Waals surface area contributed by atoms with Crippen LogP contribution in [0.15, 0.2) is 29.8 Å². The topological polar surface area (TPSA) is 40.5 Å². The van der Waals surface area contributed by atoms with Crippen molar-refractivity contribution >= 4 is 23.1 Å². The summed E-state index contributed by atoms with van der Waals surface area (Å²) in [5, 5.41) is 9.87. The van der Waals surface area contributed by atoms with Crippen LogP contribution in [0.2, 0.25) is 5.02 Å². The van der Waals surface area contributed by atoms with Gasteiger partial charge in [0.1, 0.15) is 0 Å². The maximum atomic E-state index is 11.2. The predicted molar refractivity (Wildman–Crippen MR) is 68.1 cm³/mol. The maximum absolute atomic E-state index is 11.2. The van der Waals surface area contributed by atoms with Crippen LogP contribution in [0.1, 0.15) is 12.0 Å². The highest BCUT2D eigenvalue weighted by Crippen LogP contribution is 2.27. The van der Waals surface area contributed by atoms with Crippen LogP contribution in [0, 0.1) is 0 Å². The molecule has 1 heterocycles. The Balaban J connectivity index is 2.44. The Bertz CT molecular complexity index is 465. The van der Waals surface area contributed by atoms with Gasteiger partial charge in [-0.1, -0.05) is 23.7 Å². The van der Waals surface area contributed by atoms with E-state index in [9.17, 15) is 9.90 Å². The van der Waals surface area contributed by atoms with E-state index in [1.807, 2.05) is 19.2 Å². The van der Waals surface area contributed by atoms with E-state index in [1.54, 1.807) is 12.1 Å². The second-order valence-corrected chi connectivity index (χ2v) is 4.69. The van der Waals surface area contributed by atoms with E-state index in [0.717, 1.165) is 17.7 Å². The zero-order valence-electron chi connectivity index (χ0n) is 9.61. The van der Waals surface area contributed by atoms with Crippen LogP contribution >= 0.6 is 11.6 Å². The van der Waals surface area contributed by atoms with Gasteiger partial charge in [0.15, 0.2) is 0 Å². The van der Waals surface area contributed by atoms with Gasteiger partial charge in [-0.3, -0.25) is 0 Å². The third-order valence-electron chi connectivity index (χ3n) is 2.99. The van der Waals surface area contributed by atoms with Crippen LogP contribution in [-0.4, -0.2) is 36.1 Å². The summed E-state index contributed by atoms with van der Waals surface area (Å²) in [5.74, 6) is -0.817. The van der Waals surface area contributed by atoms with Gasteiger partial charge < -0.3 is 10.0 Å². The summed E-state index contributed by atoms with van der Waals surface area (Å²) in [7, 11) is 1.99. The number of carbonyl (C=O) groups is 1. The van der Waals surface area contributed by atoms with Gasteiger partial charge in [-0.05, 0) is 36.7 Å². The summed E-state index contributed by atoms with van der Waals surface area (Å²) in [4.78, 5) is 13.3. The van der Waals surface area contributed by atoms with Crippen molar-refractivity contribution in [3.8, 4) is 0 Å². The number of hydrogen-bond acceptors (Lipinski definition) is 2. The first kappa shape index (κ1) is 12.1. The number of rotatable bonds is 2. The van der Waals surface area contributed by atoms with Gasteiger partial charge in [-0.15, -0.1) is 0 Å². The van der Waals surface area contributed by atoms with Crippen LogP contribution in [0.5, 0.6) is 0 Å². The molecule has 0 spiro atoms. The fraction of sp³-hybridized carbons (Fsp3) is 0.308. The van der Waals surface area contributed by atoms with Crippen molar-refractivity contribution in [3.63, 3.8) is 0 Å². The van der Waals surface area contributed by atoms with E-state index >= 15 is 0 Å².